The molecule has 5 heteroatoms. The fraction of sp³-hybridized carbons (Fsp3) is 0.611. The lowest BCUT2D eigenvalue weighted by Gasteiger charge is -2.42. The Morgan fingerprint density at radius 1 is 1.22 bits per heavy atom. The van der Waals surface area contributed by atoms with Gasteiger partial charge in [0.25, 0.3) is 0 Å². The third-order valence-electron chi connectivity index (χ3n) is 4.09. The molecule has 5 nitrogen and oxygen atoms in total. The lowest BCUT2D eigenvalue weighted by atomic mass is 9.81. The van der Waals surface area contributed by atoms with Crippen LogP contribution in [0, 0.1) is 5.41 Å². The van der Waals surface area contributed by atoms with Crippen LogP contribution in [0.3, 0.4) is 0 Å². The van der Waals surface area contributed by atoms with E-state index in [2.05, 4.69) is 31.0 Å². The van der Waals surface area contributed by atoms with E-state index in [1.807, 2.05) is 18.2 Å². The fourth-order valence-corrected chi connectivity index (χ4v) is 3.29. The molecule has 1 aromatic carbocycles. The summed E-state index contributed by atoms with van der Waals surface area (Å²) in [5.74, 6) is 0.726. The quantitative estimate of drug-likeness (QED) is 0.683. The summed E-state index contributed by atoms with van der Waals surface area (Å²) in [5.41, 5.74) is 1.28. The van der Waals surface area contributed by atoms with Crippen molar-refractivity contribution in [3.63, 3.8) is 0 Å². The number of hydrogen-bond donors (Lipinski definition) is 1. The Balaban J connectivity index is 2.36. The van der Waals surface area contributed by atoms with Crippen LogP contribution >= 0.6 is 0 Å². The van der Waals surface area contributed by atoms with Crippen LogP contribution in [-0.2, 0) is 4.79 Å². The zero-order valence-electron chi connectivity index (χ0n) is 14.8. The maximum absolute atomic E-state index is 11.2. The van der Waals surface area contributed by atoms with Gasteiger partial charge in [-0.05, 0) is 23.1 Å². The van der Waals surface area contributed by atoms with Gasteiger partial charge in [0.15, 0.2) is 11.5 Å². The number of ether oxygens (including phenoxy) is 2. The zero-order valence-corrected chi connectivity index (χ0v) is 14.8. The minimum Gasteiger partial charge on any atom is -0.493 e. The Morgan fingerprint density at radius 2 is 1.87 bits per heavy atom. The monoisotopic (exact) mass is 320 g/mol. The standard InChI is InChI=1S/C18H28N2O3/c1-13(21)23-15-7-6-14(12-16(15)22-5)17(18(2,3)4)20-10-8-19-9-11-20/h6-7,12,17,19H,8-11H2,1-5H3/t17-/m0/s1. The van der Waals surface area contributed by atoms with Gasteiger partial charge in [-0.1, -0.05) is 26.8 Å². The van der Waals surface area contributed by atoms with E-state index in [-0.39, 0.29) is 17.4 Å². The minimum atomic E-state index is -0.342. The van der Waals surface area contributed by atoms with Gasteiger partial charge in [0.05, 0.1) is 7.11 Å². The Morgan fingerprint density at radius 3 is 2.39 bits per heavy atom. The van der Waals surface area contributed by atoms with Gasteiger partial charge in [-0.2, -0.15) is 0 Å². The van der Waals surface area contributed by atoms with E-state index in [0.29, 0.717) is 11.5 Å². The summed E-state index contributed by atoms with van der Waals surface area (Å²) < 4.78 is 10.6. The van der Waals surface area contributed by atoms with Crippen LogP contribution < -0.4 is 14.8 Å². The molecule has 1 aromatic rings. The molecule has 0 radical (unpaired) electrons. The summed E-state index contributed by atoms with van der Waals surface area (Å²) in [4.78, 5) is 13.7. The molecular formula is C18H28N2O3. The first-order valence-electron chi connectivity index (χ1n) is 8.14. The molecule has 0 amide bonds. The average molecular weight is 320 g/mol. The van der Waals surface area contributed by atoms with Crippen molar-refractivity contribution in [1.29, 1.82) is 0 Å². The van der Waals surface area contributed by atoms with Crippen molar-refractivity contribution in [3.8, 4) is 11.5 Å². The van der Waals surface area contributed by atoms with Crippen LogP contribution in [0.1, 0.15) is 39.3 Å². The largest absolute Gasteiger partial charge is 0.493 e. The van der Waals surface area contributed by atoms with Crippen molar-refractivity contribution in [1.82, 2.24) is 10.2 Å². The van der Waals surface area contributed by atoms with Gasteiger partial charge in [0, 0.05) is 39.1 Å². The lowest BCUT2D eigenvalue weighted by molar-refractivity contribution is -0.132. The van der Waals surface area contributed by atoms with Crippen molar-refractivity contribution in [2.45, 2.75) is 33.7 Å². The molecule has 1 atom stereocenters. The predicted octanol–water partition coefficient (Wildman–Crippen LogP) is 2.61. The molecule has 0 aromatic heterocycles. The first kappa shape index (κ1) is 17.8. The Bertz CT molecular complexity index is 546. The zero-order chi connectivity index (χ0) is 17.0. The van der Waals surface area contributed by atoms with Gasteiger partial charge >= 0.3 is 5.97 Å². The molecule has 1 fully saturated rings. The Kier molecular flexibility index (Phi) is 5.65. The minimum absolute atomic E-state index is 0.0886. The van der Waals surface area contributed by atoms with Crippen LogP contribution in [0.5, 0.6) is 11.5 Å². The highest BCUT2D eigenvalue weighted by atomic mass is 16.6. The number of piperazine rings is 1. The van der Waals surface area contributed by atoms with Gasteiger partial charge in [-0.15, -0.1) is 0 Å². The molecule has 1 aliphatic rings. The molecule has 0 bridgehead atoms. The number of carbonyl (C=O) groups excluding carboxylic acids is 1. The third-order valence-corrected chi connectivity index (χ3v) is 4.09. The van der Waals surface area contributed by atoms with Crippen LogP contribution in [0.2, 0.25) is 0 Å². The molecule has 0 saturated carbocycles. The van der Waals surface area contributed by atoms with Crippen LogP contribution in [0.4, 0.5) is 0 Å². The number of nitrogens with one attached hydrogen (secondary N) is 1. The van der Waals surface area contributed by atoms with E-state index in [1.54, 1.807) is 7.11 Å². The maximum Gasteiger partial charge on any atom is 0.308 e. The van der Waals surface area contributed by atoms with Crippen LogP contribution in [0.15, 0.2) is 18.2 Å². The lowest BCUT2D eigenvalue weighted by Crippen LogP contribution is -2.48. The maximum atomic E-state index is 11.2. The Labute approximate surface area is 139 Å². The number of hydrogen-bond acceptors (Lipinski definition) is 5. The van der Waals surface area contributed by atoms with E-state index in [1.165, 1.54) is 12.5 Å². The third kappa shape index (κ3) is 4.45. The summed E-state index contributed by atoms with van der Waals surface area (Å²) in [6.45, 7) is 12.2. The van der Waals surface area contributed by atoms with Crippen molar-refractivity contribution < 1.29 is 14.3 Å². The topological polar surface area (TPSA) is 50.8 Å². The first-order chi connectivity index (χ1) is 10.8. The smallest absolute Gasteiger partial charge is 0.308 e. The normalized spacial score (nSPS) is 17.6. The highest BCUT2D eigenvalue weighted by Crippen LogP contribution is 2.41. The van der Waals surface area contributed by atoms with E-state index in [4.69, 9.17) is 9.47 Å². The molecule has 1 aliphatic heterocycles. The molecule has 2 rings (SSSR count). The molecular weight excluding hydrogens is 292 g/mol. The first-order valence-corrected chi connectivity index (χ1v) is 8.14. The summed E-state index contributed by atoms with van der Waals surface area (Å²) in [7, 11) is 1.60. The number of methoxy groups -OCH3 is 1. The predicted molar refractivity (Wildman–Crippen MR) is 90.9 cm³/mol. The molecule has 1 saturated heterocycles. The Hall–Kier alpha value is -1.59. The summed E-state index contributed by atoms with van der Waals surface area (Å²) in [6, 6.07) is 6.15. The number of carbonyl (C=O) groups is 1. The number of esters is 1. The molecule has 128 valence electrons. The fourth-order valence-electron chi connectivity index (χ4n) is 3.29. The molecule has 0 unspecified atom stereocenters. The molecule has 23 heavy (non-hydrogen) atoms. The van der Waals surface area contributed by atoms with E-state index in [9.17, 15) is 4.79 Å². The van der Waals surface area contributed by atoms with Gasteiger partial charge in [0.2, 0.25) is 0 Å². The SMILES string of the molecule is COc1cc([C@H](N2CCNCC2)C(C)(C)C)ccc1OC(C)=O. The molecule has 1 N–H and O–H groups in total. The van der Waals surface area contributed by atoms with Crippen molar-refractivity contribution in [3.05, 3.63) is 23.8 Å². The van der Waals surface area contributed by atoms with Crippen molar-refractivity contribution in [2.75, 3.05) is 33.3 Å². The molecule has 1 heterocycles. The van der Waals surface area contributed by atoms with Gasteiger partial charge < -0.3 is 14.8 Å². The summed E-state index contributed by atoms with van der Waals surface area (Å²) in [6.07, 6.45) is 0. The summed E-state index contributed by atoms with van der Waals surface area (Å²) in [5, 5.41) is 3.40. The number of nitrogens with zero attached hydrogens (tertiary/aromatic N) is 1. The van der Waals surface area contributed by atoms with Gasteiger partial charge in [-0.25, -0.2) is 0 Å². The van der Waals surface area contributed by atoms with Gasteiger partial charge in [0.1, 0.15) is 0 Å². The molecule has 0 aliphatic carbocycles. The second kappa shape index (κ2) is 7.32. The second-order valence-electron chi connectivity index (χ2n) is 7.06. The second-order valence-corrected chi connectivity index (χ2v) is 7.06. The van der Waals surface area contributed by atoms with Crippen LogP contribution in [-0.4, -0.2) is 44.2 Å². The highest BCUT2D eigenvalue weighted by Gasteiger charge is 2.33. The average Bonchev–Trinajstić information content (AvgIpc) is 2.48. The van der Waals surface area contributed by atoms with E-state index >= 15 is 0 Å². The van der Waals surface area contributed by atoms with E-state index in [0.717, 1.165) is 26.2 Å². The van der Waals surface area contributed by atoms with E-state index < -0.39 is 0 Å². The number of benzene rings is 1. The highest BCUT2D eigenvalue weighted by molar-refractivity contribution is 5.70. The van der Waals surface area contributed by atoms with Gasteiger partial charge in [-0.3, -0.25) is 9.69 Å². The molecule has 0 spiro atoms. The van der Waals surface area contributed by atoms with Crippen molar-refractivity contribution in [2.24, 2.45) is 5.41 Å². The summed E-state index contributed by atoms with van der Waals surface area (Å²) >= 11 is 0. The number of rotatable bonds is 4. The van der Waals surface area contributed by atoms with Crippen molar-refractivity contribution >= 4 is 5.97 Å². The van der Waals surface area contributed by atoms with Crippen LogP contribution in [0.25, 0.3) is 0 Å².